The van der Waals surface area contributed by atoms with Crippen molar-refractivity contribution in [3.8, 4) is 0 Å². The maximum absolute atomic E-state index is 12.7. The standard InChI is InChI=1S/C26H36ClN5O2S/c1-18(11-12-20-9-7-6-8-10-20)28-23(33)17-35-25-29-21(27)15-22(30-25)31-13-14-32(19(2)16-31)24(34)26(3,4)5/h6-10,15,18-19H,11-14,16-17H2,1-5H3,(H,28,33). The van der Waals surface area contributed by atoms with Gasteiger partial charge in [0.1, 0.15) is 11.0 Å². The monoisotopic (exact) mass is 517 g/mol. The fraction of sp³-hybridized carbons (Fsp3) is 0.538. The SMILES string of the molecule is CC(CCc1ccccc1)NC(=O)CSc1nc(Cl)cc(N2CCN(C(=O)C(C)(C)C)C(C)C2)n1. The Balaban J connectivity index is 1.52. The Morgan fingerprint density at radius 3 is 2.57 bits per heavy atom. The van der Waals surface area contributed by atoms with Gasteiger partial charge in [-0.1, -0.05) is 74.5 Å². The summed E-state index contributed by atoms with van der Waals surface area (Å²) in [6, 6.07) is 12.1. The molecular weight excluding hydrogens is 482 g/mol. The number of hydrogen-bond donors (Lipinski definition) is 1. The smallest absolute Gasteiger partial charge is 0.230 e. The zero-order valence-corrected chi connectivity index (χ0v) is 22.8. The number of piperazine rings is 1. The van der Waals surface area contributed by atoms with E-state index in [1.54, 1.807) is 6.07 Å². The Hall–Kier alpha value is -2.32. The number of thioether (sulfide) groups is 1. The minimum Gasteiger partial charge on any atom is -0.353 e. The van der Waals surface area contributed by atoms with Crippen molar-refractivity contribution >= 4 is 41.0 Å². The van der Waals surface area contributed by atoms with Gasteiger partial charge in [-0.3, -0.25) is 9.59 Å². The van der Waals surface area contributed by atoms with Crippen LogP contribution in [-0.4, -0.2) is 64.2 Å². The predicted molar refractivity (Wildman–Crippen MR) is 143 cm³/mol. The first kappa shape index (κ1) is 27.3. The lowest BCUT2D eigenvalue weighted by atomic mass is 9.93. The van der Waals surface area contributed by atoms with Crippen LogP contribution in [0.15, 0.2) is 41.6 Å². The van der Waals surface area contributed by atoms with E-state index >= 15 is 0 Å². The van der Waals surface area contributed by atoms with Crippen LogP contribution in [0.2, 0.25) is 5.15 Å². The van der Waals surface area contributed by atoms with Crippen LogP contribution in [0.5, 0.6) is 0 Å². The largest absolute Gasteiger partial charge is 0.353 e. The summed E-state index contributed by atoms with van der Waals surface area (Å²) in [5, 5.41) is 3.87. The molecule has 7 nitrogen and oxygen atoms in total. The summed E-state index contributed by atoms with van der Waals surface area (Å²) in [4.78, 5) is 38.2. The molecule has 0 bridgehead atoms. The van der Waals surface area contributed by atoms with Crippen molar-refractivity contribution in [3.05, 3.63) is 47.1 Å². The lowest BCUT2D eigenvalue weighted by molar-refractivity contribution is -0.142. The highest BCUT2D eigenvalue weighted by Crippen LogP contribution is 2.26. The van der Waals surface area contributed by atoms with Crippen molar-refractivity contribution in [3.63, 3.8) is 0 Å². The van der Waals surface area contributed by atoms with E-state index < -0.39 is 5.41 Å². The molecule has 0 aliphatic carbocycles. The number of hydrogen-bond acceptors (Lipinski definition) is 6. The lowest BCUT2D eigenvalue weighted by Crippen LogP contribution is -2.56. The van der Waals surface area contributed by atoms with Gasteiger partial charge in [-0.05, 0) is 32.3 Å². The highest BCUT2D eigenvalue weighted by atomic mass is 35.5. The molecule has 1 aliphatic rings. The molecule has 1 N–H and O–H groups in total. The zero-order valence-electron chi connectivity index (χ0n) is 21.3. The number of amides is 2. The van der Waals surface area contributed by atoms with E-state index in [2.05, 4.69) is 39.2 Å². The minimum atomic E-state index is -0.405. The number of aromatic nitrogens is 2. The Morgan fingerprint density at radius 2 is 1.91 bits per heavy atom. The minimum absolute atomic E-state index is 0.0522. The number of halogens is 1. The van der Waals surface area contributed by atoms with E-state index in [0.717, 1.165) is 18.7 Å². The Bertz CT molecular complexity index is 1010. The van der Waals surface area contributed by atoms with Gasteiger partial charge in [-0.15, -0.1) is 0 Å². The number of aryl methyl sites for hydroxylation is 1. The van der Waals surface area contributed by atoms with Crippen molar-refractivity contribution < 1.29 is 9.59 Å². The van der Waals surface area contributed by atoms with E-state index in [-0.39, 0.29) is 29.7 Å². The molecule has 1 aromatic heterocycles. The van der Waals surface area contributed by atoms with Crippen LogP contribution in [0, 0.1) is 5.41 Å². The van der Waals surface area contributed by atoms with Crippen molar-refractivity contribution in [1.29, 1.82) is 0 Å². The molecule has 1 saturated heterocycles. The van der Waals surface area contributed by atoms with Gasteiger partial charge >= 0.3 is 0 Å². The maximum Gasteiger partial charge on any atom is 0.230 e. The molecule has 2 unspecified atom stereocenters. The van der Waals surface area contributed by atoms with Crippen LogP contribution in [-0.2, 0) is 16.0 Å². The van der Waals surface area contributed by atoms with Crippen molar-refractivity contribution in [1.82, 2.24) is 20.2 Å². The van der Waals surface area contributed by atoms with Crippen molar-refractivity contribution in [2.45, 2.75) is 64.7 Å². The third kappa shape index (κ3) is 8.10. The Morgan fingerprint density at radius 1 is 1.20 bits per heavy atom. The highest BCUT2D eigenvalue weighted by molar-refractivity contribution is 7.99. The third-order valence-corrected chi connectivity index (χ3v) is 7.00. The number of anilines is 1. The molecule has 0 radical (unpaired) electrons. The van der Waals surface area contributed by atoms with E-state index in [4.69, 9.17) is 11.6 Å². The second-order valence-corrected chi connectivity index (χ2v) is 11.5. The van der Waals surface area contributed by atoms with Gasteiger partial charge in [0, 0.05) is 43.2 Å². The lowest BCUT2D eigenvalue weighted by Gasteiger charge is -2.42. The van der Waals surface area contributed by atoms with Gasteiger partial charge in [0.15, 0.2) is 5.16 Å². The fourth-order valence-electron chi connectivity index (χ4n) is 4.06. The topological polar surface area (TPSA) is 78.4 Å². The van der Waals surface area contributed by atoms with Gasteiger partial charge in [0.05, 0.1) is 5.75 Å². The van der Waals surface area contributed by atoms with Crippen molar-refractivity contribution in [2.24, 2.45) is 5.41 Å². The molecule has 1 fully saturated rings. The molecule has 2 atom stereocenters. The summed E-state index contributed by atoms with van der Waals surface area (Å²) in [5.74, 6) is 1.05. The number of nitrogens with one attached hydrogen (secondary N) is 1. The molecule has 2 amide bonds. The molecule has 0 saturated carbocycles. The summed E-state index contributed by atoms with van der Waals surface area (Å²) >= 11 is 7.56. The number of rotatable bonds is 8. The van der Waals surface area contributed by atoms with E-state index in [1.165, 1.54) is 17.3 Å². The van der Waals surface area contributed by atoms with Gasteiger partial charge in [-0.25, -0.2) is 9.97 Å². The normalized spacial score (nSPS) is 17.3. The predicted octanol–water partition coefficient (Wildman–Crippen LogP) is 4.44. The number of carbonyl (C=O) groups excluding carboxylic acids is 2. The molecule has 2 aromatic rings. The second-order valence-electron chi connectivity index (χ2n) is 10.2. The van der Waals surface area contributed by atoms with E-state index in [0.29, 0.717) is 29.9 Å². The van der Waals surface area contributed by atoms with Crippen molar-refractivity contribution in [2.75, 3.05) is 30.3 Å². The molecule has 0 spiro atoms. The summed E-state index contributed by atoms with van der Waals surface area (Å²) < 4.78 is 0. The average Bonchev–Trinajstić information content (AvgIpc) is 2.80. The van der Waals surface area contributed by atoms with Crippen LogP contribution >= 0.6 is 23.4 Å². The van der Waals surface area contributed by atoms with Gasteiger partial charge in [0.2, 0.25) is 11.8 Å². The van der Waals surface area contributed by atoms with Crippen LogP contribution in [0.3, 0.4) is 0 Å². The summed E-state index contributed by atoms with van der Waals surface area (Å²) in [6.07, 6.45) is 1.79. The number of benzene rings is 1. The van der Waals surface area contributed by atoms with Crippen LogP contribution in [0.25, 0.3) is 0 Å². The quantitative estimate of drug-likeness (QED) is 0.317. The molecule has 1 aliphatic heterocycles. The summed E-state index contributed by atoms with van der Waals surface area (Å²) in [5.41, 5.74) is 0.860. The van der Waals surface area contributed by atoms with Gasteiger partial charge in [0.25, 0.3) is 0 Å². The Kier molecular flexibility index (Phi) is 9.41. The maximum atomic E-state index is 12.7. The first-order valence-electron chi connectivity index (χ1n) is 12.1. The molecular formula is C26H36ClN5O2S. The highest BCUT2D eigenvalue weighted by Gasteiger charge is 2.34. The fourth-order valence-corrected chi connectivity index (χ4v) is 4.95. The van der Waals surface area contributed by atoms with Gasteiger partial charge in [-0.2, -0.15) is 0 Å². The zero-order chi connectivity index (χ0) is 25.6. The number of carbonyl (C=O) groups is 2. The summed E-state index contributed by atoms with van der Waals surface area (Å²) in [6.45, 7) is 11.9. The summed E-state index contributed by atoms with van der Waals surface area (Å²) in [7, 11) is 0. The van der Waals surface area contributed by atoms with Crippen LogP contribution in [0.4, 0.5) is 5.82 Å². The van der Waals surface area contributed by atoms with Crippen LogP contribution in [0.1, 0.15) is 46.6 Å². The molecule has 2 heterocycles. The molecule has 190 valence electrons. The first-order chi connectivity index (χ1) is 16.5. The number of nitrogens with zero attached hydrogens (tertiary/aromatic N) is 4. The third-order valence-electron chi connectivity index (χ3n) is 5.96. The Labute approximate surface area is 218 Å². The molecule has 1 aromatic carbocycles. The van der Waals surface area contributed by atoms with E-state index in [1.807, 2.05) is 50.8 Å². The van der Waals surface area contributed by atoms with E-state index in [9.17, 15) is 9.59 Å². The molecule has 3 rings (SSSR count). The average molecular weight is 518 g/mol. The van der Waals surface area contributed by atoms with Crippen LogP contribution < -0.4 is 10.2 Å². The molecule has 9 heteroatoms. The van der Waals surface area contributed by atoms with Gasteiger partial charge < -0.3 is 15.1 Å². The second kappa shape index (κ2) is 12.1. The molecule has 35 heavy (non-hydrogen) atoms. The first-order valence-corrected chi connectivity index (χ1v) is 13.5.